The van der Waals surface area contributed by atoms with E-state index in [1.165, 1.54) is 12.0 Å². The quantitative estimate of drug-likeness (QED) is 0.705. The van der Waals surface area contributed by atoms with Crippen LogP contribution in [0.25, 0.3) is 0 Å². The Labute approximate surface area is 177 Å². The zero-order chi connectivity index (χ0) is 21.7. The summed E-state index contributed by atoms with van der Waals surface area (Å²) in [6, 6.07) is 6.10. The summed E-state index contributed by atoms with van der Waals surface area (Å²) in [5, 5.41) is 2.87. The third-order valence-corrected chi connectivity index (χ3v) is 5.73. The van der Waals surface area contributed by atoms with Gasteiger partial charge in [0.25, 0.3) is 5.91 Å². The predicted molar refractivity (Wildman–Crippen MR) is 112 cm³/mol. The number of ether oxygens (including phenoxy) is 2. The minimum Gasteiger partial charge on any atom is -0.467 e. The van der Waals surface area contributed by atoms with Gasteiger partial charge in [-0.05, 0) is 43.0 Å². The van der Waals surface area contributed by atoms with Crippen molar-refractivity contribution in [3.63, 3.8) is 0 Å². The number of nitrogens with zero attached hydrogens (tertiary/aromatic N) is 2. The number of nitrogens with one attached hydrogen (secondary N) is 1. The number of esters is 1. The third kappa shape index (κ3) is 4.92. The maximum absolute atomic E-state index is 13.1. The lowest BCUT2D eigenvalue weighted by Crippen LogP contribution is -2.53. The van der Waals surface area contributed by atoms with Crippen LogP contribution in [0.2, 0.25) is 0 Å². The molecule has 3 rings (SSSR count). The van der Waals surface area contributed by atoms with Crippen molar-refractivity contribution in [2.45, 2.75) is 38.8 Å². The van der Waals surface area contributed by atoms with Crippen molar-refractivity contribution in [3.05, 3.63) is 29.8 Å². The molecule has 8 nitrogen and oxygen atoms in total. The van der Waals surface area contributed by atoms with Crippen LogP contribution in [0.15, 0.2) is 24.3 Å². The van der Waals surface area contributed by atoms with Gasteiger partial charge in [-0.1, -0.05) is 13.8 Å². The second-order valence-corrected chi connectivity index (χ2v) is 8.05. The van der Waals surface area contributed by atoms with E-state index in [-0.39, 0.29) is 17.7 Å². The Kier molecular flexibility index (Phi) is 7.31. The molecule has 30 heavy (non-hydrogen) atoms. The van der Waals surface area contributed by atoms with E-state index in [0.717, 1.165) is 25.2 Å². The van der Waals surface area contributed by atoms with E-state index in [4.69, 9.17) is 9.47 Å². The summed E-state index contributed by atoms with van der Waals surface area (Å²) in [6.07, 6.45) is 1.33. The van der Waals surface area contributed by atoms with E-state index in [0.29, 0.717) is 31.7 Å². The molecule has 1 aromatic rings. The predicted octanol–water partition coefficient (Wildman–Crippen LogP) is 1.44. The van der Waals surface area contributed by atoms with Crippen LogP contribution in [0.4, 0.5) is 5.69 Å². The average molecular weight is 418 g/mol. The summed E-state index contributed by atoms with van der Waals surface area (Å²) in [4.78, 5) is 41.7. The Hall–Kier alpha value is -2.61. The molecule has 0 saturated carbocycles. The summed E-state index contributed by atoms with van der Waals surface area (Å²) in [6.45, 7) is 7.30. The van der Waals surface area contributed by atoms with Crippen molar-refractivity contribution >= 4 is 23.5 Å². The highest BCUT2D eigenvalue weighted by Crippen LogP contribution is 2.22. The van der Waals surface area contributed by atoms with Crippen molar-refractivity contribution in [1.29, 1.82) is 0 Å². The Bertz CT molecular complexity index is 759. The molecule has 0 bridgehead atoms. The smallest absolute Gasteiger partial charge is 0.328 e. The molecule has 0 radical (unpaired) electrons. The van der Waals surface area contributed by atoms with Gasteiger partial charge in [0.2, 0.25) is 5.91 Å². The lowest BCUT2D eigenvalue weighted by Gasteiger charge is -2.30. The third-order valence-electron chi connectivity index (χ3n) is 5.73. The van der Waals surface area contributed by atoms with Crippen molar-refractivity contribution in [1.82, 2.24) is 10.2 Å². The molecular weight excluding hydrogens is 386 g/mol. The number of carbonyl (C=O) groups is 3. The van der Waals surface area contributed by atoms with E-state index >= 15 is 0 Å². The van der Waals surface area contributed by atoms with Gasteiger partial charge >= 0.3 is 5.97 Å². The lowest BCUT2D eigenvalue weighted by molar-refractivity contribution is -0.151. The van der Waals surface area contributed by atoms with Crippen LogP contribution in [-0.4, -0.2) is 74.7 Å². The fraction of sp³-hybridized carbons (Fsp3) is 0.591. The van der Waals surface area contributed by atoms with Crippen LogP contribution in [0, 0.1) is 5.92 Å². The van der Waals surface area contributed by atoms with Gasteiger partial charge in [-0.25, -0.2) is 4.79 Å². The number of methoxy groups -OCH3 is 1. The molecule has 0 unspecified atom stereocenters. The van der Waals surface area contributed by atoms with Gasteiger partial charge in [-0.3, -0.25) is 9.59 Å². The first-order valence-electron chi connectivity index (χ1n) is 10.5. The minimum absolute atomic E-state index is 0.118. The molecule has 0 aromatic heterocycles. The molecule has 0 aliphatic carbocycles. The molecule has 2 atom stereocenters. The standard InChI is InChI=1S/C22H31N3O5/c1-15(2)19(21(27)25-10-4-5-18(25)22(28)29-3)23-20(26)16-6-8-17(9-7-16)24-11-13-30-14-12-24/h6-9,15,18-19H,4-5,10-14H2,1-3H3,(H,23,26)/t18-,19-/m0/s1. The zero-order valence-corrected chi connectivity index (χ0v) is 17.9. The summed E-state index contributed by atoms with van der Waals surface area (Å²) in [5.74, 6) is -1.07. The van der Waals surface area contributed by atoms with Crippen LogP contribution in [0.3, 0.4) is 0 Å². The number of rotatable bonds is 6. The molecule has 2 heterocycles. The first-order chi connectivity index (χ1) is 14.4. The molecule has 2 fully saturated rings. The highest BCUT2D eigenvalue weighted by molar-refractivity contribution is 5.98. The van der Waals surface area contributed by atoms with Crippen molar-refractivity contribution in [2.75, 3.05) is 44.9 Å². The van der Waals surface area contributed by atoms with Gasteiger partial charge in [-0.2, -0.15) is 0 Å². The number of benzene rings is 1. The second-order valence-electron chi connectivity index (χ2n) is 8.05. The van der Waals surface area contributed by atoms with Gasteiger partial charge in [0.1, 0.15) is 12.1 Å². The summed E-state index contributed by atoms with van der Waals surface area (Å²) in [7, 11) is 1.32. The van der Waals surface area contributed by atoms with Crippen molar-refractivity contribution in [3.8, 4) is 0 Å². The zero-order valence-electron chi connectivity index (χ0n) is 17.9. The molecule has 164 valence electrons. The maximum Gasteiger partial charge on any atom is 0.328 e. The fourth-order valence-corrected chi connectivity index (χ4v) is 3.97. The van der Waals surface area contributed by atoms with Gasteiger partial charge in [0.05, 0.1) is 20.3 Å². The van der Waals surface area contributed by atoms with Crippen LogP contribution in [0.1, 0.15) is 37.0 Å². The molecule has 2 aliphatic heterocycles. The highest BCUT2D eigenvalue weighted by Gasteiger charge is 2.39. The fourth-order valence-electron chi connectivity index (χ4n) is 3.97. The van der Waals surface area contributed by atoms with Crippen molar-refractivity contribution in [2.24, 2.45) is 5.92 Å². The number of likely N-dealkylation sites (tertiary alicyclic amines) is 1. The molecular formula is C22H31N3O5. The van der Waals surface area contributed by atoms with Crippen LogP contribution in [0.5, 0.6) is 0 Å². The topological polar surface area (TPSA) is 88.2 Å². The average Bonchev–Trinajstić information content (AvgIpc) is 3.27. The largest absolute Gasteiger partial charge is 0.467 e. The van der Waals surface area contributed by atoms with Gasteiger partial charge in [0, 0.05) is 30.9 Å². The highest BCUT2D eigenvalue weighted by atomic mass is 16.5. The number of hydrogen-bond donors (Lipinski definition) is 1. The Morgan fingerprint density at radius 1 is 1.10 bits per heavy atom. The van der Waals surface area contributed by atoms with Crippen LogP contribution < -0.4 is 10.2 Å². The number of anilines is 1. The van der Waals surface area contributed by atoms with Crippen LogP contribution in [-0.2, 0) is 19.1 Å². The number of morpholine rings is 1. The minimum atomic E-state index is -0.707. The SMILES string of the molecule is COC(=O)[C@@H]1CCCN1C(=O)[C@@H](NC(=O)c1ccc(N2CCOCC2)cc1)C(C)C. The number of carbonyl (C=O) groups excluding carboxylic acids is 3. The molecule has 0 spiro atoms. The van der Waals surface area contributed by atoms with E-state index in [1.54, 1.807) is 12.1 Å². The van der Waals surface area contributed by atoms with E-state index in [9.17, 15) is 14.4 Å². The molecule has 1 N–H and O–H groups in total. The van der Waals surface area contributed by atoms with E-state index in [2.05, 4.69) is 10.2 Å². The van der Waals surface area contributed by atoms with E-state index < -0.39 is 18.1 Å². The molecule has 8 heteroatoms. The Morgan fingerprint density at radius 2 is 1.77 bits per heavy atom. The molecule has 2 aliphatic rings. The van der Waals surface area contributed by atoms with Crippen molar-refractivity contribution < 1.29 is 23.9 Å². The number of hydrogen-bond acceptors (Lipinski definition) is 6. The maximum atomic E-state index is 13.1. The first kappa shape index (κ1) is 22.1. The van der Waals surface area contributed by atoms with Gasteiger partial charge in [0.15, 0.2) is 0 Å². The summed E-state index contributed by atoms with van der Waals surface area (Å²) < 4.78 is 10.2. The van der Waals surface area contributed by atoms with E-state index in [1.807, 2.05) is 26.0 Å². The number of amides is 2. The second kappa shape index (κ2) is 9.93. The van der Waals surface area contributed by atoms with Gasteiger partial charge in [-0.15, -0.1) is 0 Å². The molecule has 2 amide bonds. The normalized spacial score (nSPS) is 20.2. The van der Waals surface area contributed by atoms with Gasteiger partial charge < -0.3 is 24.6 Å². The van der Waals surface area contributed by atoms with Crippen LogP contribution >= 0.6 is 0 Å². The molecule has 2 saturated heterocycles. The lowest BCUT2D eigenvalue weighted by atomic mass is 10.0. The monoisotopic (exact) mass is 417 g/mol. The molecule has 1 aromatic carbocycles. The Morgan fingerprint density at radius 3 is 2.37 bits per heavy atom. The first-order valence-corrected chi connectivity index (χ1v) is 10.5. The summed E-state index contributed by atoms with van der Waals surface area (Å²) >= 11 is 0. The summed E-state index contributed by atoms with van der Waals surface area (Å²) in [5.41, 5.74) is 1.54. The Balaban J connectivity index is 1.67.